The average molecular weight is 401 g/mol. The molecule has 6 nitrogen and oxygen atoms in total. The number of sulfonamides is 1. The second kappa shape index (κ2) is 7.50. The highest BCUT2D eigenvalue weighted by Crippen LogP contribution is 2.29. The van der Waals surface area contributed by atoms with Gasteiger partial charge >= 0.3 is 5.97 Å². The molecule has 8 heteroatoms. The minimum Gasteiger partial charge on any atom is -0.481 e. The third-order valence-electron chi connectivity index (χ3n) is 3.83. The molecule has 0 unspecified atom stereocenters. The van der Waals surface area contributed by atoms with Gasteiger partial charge in [0.2, 0.25) is 0 Å². The molecule has 0 aromatic heterocycles. The summed E-state index contributed by atoms with van der Waals surface area (Å²) in [6.07, 6.45) is 1.34. The van der Waals surface area contributed by atoms with E-state index in [0.717, 1.165) is 17.3 Å². The lowest BCUT2D eigenvalue weighted by Crippen LogP contribution is -2.18. The Bertz CT molecular complexity index is 1080. The van der Waals surface area contributed by atoms with Gasteiger partial charge in [0.05, 0.1) is 21.3 Å². The van der Waals surface area contributed by atoms with E-state index >= 15 is 0 Å². The minimum absolute atomic E-state index is 0.0446. The molecule has 1 aliphatic rings. The fraction of sp³-hybridized carbons (Fsp3) is 0.105. The first-order chi connectivity index (χ1) is 12.8. The van der Waals surface area contributed by atoms with Gasteiger partial charge < -0.3 is 5.11 Å². The number of carbonyl (C=O) groups excluding carboxylic acids is 1. The molecule has 0 saturated carbocycles. The maximum absolute atomic E-state index is 12.7. The number of carboxylic acids is 1. The Morgan fingerprint density at radius 1 is 1.07 bits per heavy atom. The molecule has 0 amide bonds. The van der Waals surface area contributed by atoms with E-state index < -0.39 is 16.0 Å². The van der Waals surface area contributed by atoms with Gasteiger partial charge in [-0.3, -0.25) is 9.59 Å². The molecule has 0 bridgehead atoms. The van der Waals surface area contributed by atoms with Crippen molar-refractivity contribution in [1.29, 1.82) is 0 Å². The highest BCUT2D eigenvalue weighted by atomic mass is 32.2. The van der Waals surface area contributed by atoms with Crippen molar-refractivity contribution >= 4 is 39.2 Å². The van der Waals surface area contributed by atoms with Crippen LogP contribution in [0, 0.1) is 6.92 Å². The summed E-state index contributed by atoms with van der Waals surface area (Å²) in [5.74, 6) is -1.72. The van der Waals surface area contributed by atoms with Crippen molar-refractivity contribution < 1.29 is 23.1 Å². The molecule has 0 saturated heterocycles. The predicted molar refractivity (Wildman–Crippen MR) is 104 cm³/mol. The summed E-state index contributed by atoms with van der Waals surface area (Å²) in [4.78, 5) is 23.6. The van der Waals surface area contributed by atoms with Crippen LogP contribution >= 0.6 is 11.8 Å². The maximum atomic E-state index is 12.7. The second-order valence-corrected chi connectivity index (χ2v) is 8.45. The van der Waals surface area contributed by atoms with Crippen LogP contribution in [0.2, 0.25) is 0 Å². The van der Waals surface area contributed by atoms with Crippen LogP contribution in [0.3, 0.4) is 0 Å². The van der Waals surface area contributed by atoms with Crippen LogP contribution in [0.5, 0.6) is 0 Å². The van der Waals surface area contributed by atoms with Crippen molar-refractivity contribution in [2.45, 2.75) is 11.8 Å². The molecule has 3 rings (SSSR count). The first-order valence-corrected chi connectivity index (χ1v) is 10.3. The highest BCUT2D eigenvalue weighted by molar-refractivity contribution is 8.04. The maximum Gasteiger partial charge on any atom is 0.313 e. The molecule has 0 atom stereocenters. The number of aliphatic carboxylic acids is 1. The number of carbonyl (C=O) groups is 2. The zero-order valence-corrected chi connectivity index (χ0v) is 15.9. The standard InChI is InChI=1S/C19H15NO5S2/c1-12-6-8-13(9-7-12)27(24,25)20-16-10-17(26-11-18(21)22)19(23)15-5-3-2-4-14(15)16/h2-10H,11H2,1H3,(H,21,22). The van der Waals surface area contributed by atoms with Crippen LogP contribution in [0.4, 0.5) is 0 Å². The van der Waals surface area contributed by atoms with Crippen molar-refractivity contribution in [3.05, 3.63) is 76.2 Å². The molecule has 0 fully saturated rings. The molecular weight excluding hydrogens is 386 g/mol. The Balaban J connectivity index is 2.10. The molecular formula is C19H15NO5S2. The lowest BCUT2D eigenvalue weighted by molar-refractivity contribution is -0.133. The normalized spacial score (nSPS) is 15.4. The number of hydrogen-bond donors (Lipinski definition) is 1. The number of thioether (sulfide) groups is 1. The van der Waals surface area contributed by atoms with Gasteiger partial charge in [-0.25, -0.2) is 0 Å². The molecule has 0 heterocycles. The zero-order valence-electron chi connectivity index (χ0n) is 14.2. The lowest BCUT2D eigenvalue weighted by Gasteiger charge is -2.16. The Labute approximate surface area is 160 Å². The first-order valence-electron chi connectivity index (χ1n) is 7.90. The van der Waals surface area contributed by atoms with Gasteiger partial charge in [-0.1, -0.05) is 42.0 Å². The number of benzene rings is 2. The van der Waals surface area contributed by atoms with E-state index in [1.54, 1.807) is 36.4 Å². The molecule has 1 aliphatic carbocycles. The SMILES string of the molecule is Cc1ccc(S(=O)(=O)N=C2C=C(SCC(=O)O)C(=O)c3ccccc32)cc1. The quantitative estimate of drug-likeness (QED) is 0.826. The summed E-state index contributed by atoms with van der Waals surface area (Å²) in [7, 11) is -3.99. The Morgan fingerprint density at radius 2 is 1.70 bits per heavy atom. The van der Waals surface area contributed by atoms with E-state index in [1.807, 2.05) is 6.92 Å². The molecule has 27 heavy (non-hydrogen) atoms. The molecule has 0 spiro atoms. The predicted octanol–water partition coefficient (Wildman–Crippen LogP) is 3.07. The summed E-state index contributed by atoms with van der Waals surface area (Å²) in [6, 6.07) is 12.8. The topological polar surface area (TPSA) is 101 Å². The molecule has 0 radical (unpaired) electrons. The van der Waals surface area contributed by atoms with Crippen LogP contribution in [-0.2, 0) is 14.8 Å². The number of carboxylic acid groups (broad SMARTS) is 1. The van der Waals surface area contributed by atoms with Gasteiger partial charge in [-0.05, 0) is 25.1 Å². The molecule has 2 aromatic carbocycles. The van der Waals surface area contributed by atoms with Crippen LogP contribution in [0.25, 0.3) is 0 Å². The van der Waals surface area contributed by atoms with Gasteiger partial charge in [0.15, 0.2) is 5.78 Å². The summed E-state index contributed by atoms with van der Waals surface area (Å²) < 4.78 is 29.3. The lowest BCUT2D eigenvalue weighted by atomic mass is 9.94. The van der Waals surface area contributed by atoms with Crippen LogP contribution in [0.1, 0.15) is 21.5 Å². The van der Waals surface area contributed by atoms with E-state index in [4.69, 9.17) is 5.11 Å². The number of aryl methyl sites for hydroxylation is 1. The van der Waals surface area contributed by atoms with Crippen LogP contribution < -0.4 is 0 Å². The third-order valence-corrected chi connectivity index (χ3v) is 6.14. The summed E-state index contributed by atoms with van der Waals surface area (Å²) in [5.41, 5.74) is 1.73. The fourth-order valence-electron chi connectivity index (χ4n) is 2.52. The van der Waals surface area contributed by atoms with E-state index in [2.05, 4.69) is 4.40 Å². The molecule has 138 valence electrons. The van der Waals surface area contributed by atoms with Crippen molar-refractivity contribution in [2.24, 2.45) is 4.40 Å². The molecule has 2 aromatic rings. The summed E-state index contributed by atoms with van der Waals surface area (Å²) in [5, 5.41) is 8.86. The van der Waals surface area contributed by atoms with Crippen molar-refractivity contribution in [3.63, 3.8) is 0 Å². The number of ketones is 1. The minimum atomic E-state index is -3.99. The van der Waals surface area contributed by atoms with E-state index in [-0.39, 0.29) is 27.0 Å². The van der Waals surface area contributed by atoms with Gasteiger partial charge in [-0.15, -0.1) is 11.8 Å². The van der Waals surface area contributed by atoms with Crippen molar-refractivity contribution in [3.8, 4) is 0 Å². The van der Waals surface area contributed by atoms with Crippen molar-refractivity contribution in [1.82, 2.24) is 0 Å². The number of hydrogen-bond acceptors (Lipinski definition) is 5. The van der Waals surface area contributed by atoms with Gasteiger partial charge in [0, 0.05) is 11.1 Å². The van der Waals surface area contributed by atoms with Crippen LogP contribution in [-0.4, -0.2) is 36.7 Å². The summed E-state index contributed by atoms with van der Waals surface area (Å²) >= 11 is 0.841. The Morgan fingerprint density at radius 3 is 2.33 bits per heavy atom. The number of nitrogens with zero attached hydrogens (tertiary/aromatic N) is 1. The fourth-order valence-corrected chi connectivity index (χ4v) is 4.23. The second-order valence-electron chi connectivity index (χ2n) is 5.83. The van der Waals surface area contributed by atoms with E-state index in [9.17, 15) is 18.0 Å². The number of fused-ring (bicyclic) bond motifs is 1. The Kier molecular flexibility index (Phi) is 5.29. The number of Topliss-reactive ketones (excluding diaryl/α,β-unsaturated/α-hetero) is 1. The largest absolute Gasteiger partial charge is 0.481 e. The van der Waals surface area contributed by atoms with Crippen molar-refractivity contribution in [2.75, 3.05) is 5.75 Å². The summed E-state index contributed by atoms with van der Waals surface area (Å²) in [6.45, 7) is 1.85. The van der Waals surface area contributed by atoms with Gasteiger partial charge in [0.25, 0.3) is 10.0 Å². The third kappa shape index (κ3) is 4.17. The highest BCUT2D eigenvalue weighted by Gasteiger charge is 2.26. The monoisotopic (exact) mass is 401 g/mol. The van der Waals surface area contributed by atoms with Gasteiger partial charge in [-0.2, -0.15) is 12.8 Å². The number of rotatable bonds is 5. The molecule has 1 N–H and O–H groups in total. The Hall–Kier alpha value is -2.71. The van der Waals surface area contributed by atoms with Crippen LogP contribution in [0.15, 0.2) is 68.8 Å². The van der Waals surface area contributed by atoms with E-state index in [0.29, 0.717) is 11.1 Å². The molecule has 0 aliphatic heterocycles. The van der Waals surface area contributed by atoms with Gasteiger partial charge in [0.1, 0.15) is 0 Å². The van der Waals surface area contributed by atoms with E-state index in [1.165, 1.54) is 18.2 Å². The smallest absolute Gasteiger partial charge is 0.313 e. The first kappa shape index (κ1) is 19.1. The number of allylic oxidation sites excluding steroid dienone is 2. The zero-order chi connectivity index (χ0) is 19.6. The average Bonchev–Trinajstić information content (AvgIpc) is 2.63.